The summed E-state index contributed by atoms with van der Waals surface area (Å²) in [6.07, 6.45) is 6.65. The van der Waals surface area contributed by atoms with Crippen LogP contribution >= 0.6 is 0 Å². The van der Waals surface area contributed by atoms with Gasteiger partial charge in [-0.15, -0.1) is 0 Å². The number of nitrogens with two attached hydrogens (primary N) is 2. The highest BCUT2D eigenvalue weighted by molar-refractivity contribution is 5.92. The quantitative estimate of drug-likeness (QED) is 0.152. The minimum atomic E-state index is -1.09. The Bertz CT molecular complexity index is 1190. The van der Waals surface area contributed by atoms with Crippen LogP contribution in [0.25, 0.3) is 6.08 Å². The summed E-state index contributed by atoms with van der Waals surface area (Å²) >= 11 is 0. The summed E-state index contributed by atoms with van der Waals surface area (Å²) in [6.45, 7) is 2.40. The molecule has 3 aromatic rings. The van der Waals surface area contributed by atoms with E-state index in [4.69, 9.17) is 20.9 Å². The first-order valence-electron chi connectivity index (χ1n) is 11.5. The summed E-state index contributed by atoms with van der Waals surface area (Å²) in [5.74, 6) is -0.421. The van der Waals surface area contributed by atoms with Gasteiger partial charge in [-0.3, -0.25) is 0 Å². The van der Waals surface area contributed by atoms with E-state index in [9.17, 15) is 14.7 Å². The molecule has 3 aromatic carbocycles. The Labute approximate surface area is 205 Å². The third-order valence-electron chi connectivity index (χ3n) is 5.41. The van der Waals surface area contributed by atoms with Crippen molar-refractivity contribution >= 4 is 29.4 Å². The zero-order chi connectivity index (χ0) is 25.2. The number of aryl methyl sites for hydroxylation is 1. The Morgan fingerprint density at radius 2 is 1.63 bits per heavy atom. The highest BCUT2D eigenvalue weighted by Crippen LogP contribution is 2.23. The van der Waals surface area contributed by atoms with Crippen molar-refractivity contribution in [3.05, 3.63) is 89.0 Å². The molecule has 182 valence electrons. The van der Waals surface area contributed by atoms with Crippen LogP contribution in [0.1, 0.15) is 46.8 Å². The third kappa shape index (κ3) is 7.64. The summed E-state index contributed by atoms with van der Waals surface area (Å²) in [5.41, 5.74) is 14.9. The van der Waals surface area contributed by atoms with Gasteiger partial charge >= 0.3 is 11.9 Å². The molecule has 5 N–H and O–H groups in total. The largest absolute Gasteiger partial charge is 0.493 e. The Kier molecular flexibility index (Phi) is 8.89. The van der Waals surface area contributed by atoms with Crippen LogP contribution in [0.5, 0.6) is 11.5 Å². The van der Waals surface area contributed by atoms with Crippen molar-refractivity contribution in [2.45, 2.75) is 32.6 Å². The van der Waals surface area contributed by atoms with Gasteiger partial charge in [0.25, 0.3) is 0 Å². The summed E-state index contributed by atoms with van der Waals surface area (Å²) in [6, 6.07) is 17.6. The lowest BCUT2D eigenvalue weighted by molar-refractivity contribution is -0.128. The number of hydrogen-bond acceptors (Lipinski definition) is 6. The van der Waals surface area contributed by atoms with Gasteiger partial charge in [0.15, 0.2) is 0 Å². The van der Waals surface area contributed by atoms with Gasteiger partial charge in [-0.2, -0.15) is 0 Å². The maximum Gasteiger partial charge on any atom is 0.336 e. The van der Waals surface area contributed by atoms with Gasteiger partial charge in [0, 0.05) is 23.9 Å². The average molecular weight is 475 g/mol. The first-order chi connectivity index (χ1) is 16.9. The molecule has 0 aliphatic carbocycles. The number of esters is 1. The normalized spacial score (nSPS) is 10.9. The molecule has 0 aliphatic heterocycles. The summed E-state index contributed by atoms with van der Waals surface area (Å²) < 4.78 is 11.1. The number of carbonyl (C=O) groups is 2. The number of ether oxygens (including phenoxy) is 2. The fourth-order valence-electron chi connectivity index (χ4n) is 3.55. The first kappa shape index (κ1) is 25.4. The second-order valence-electron chi connectivity index (χ2n) is 8.11. The summed E-state index contributed by atoms with van der Waals surface area (Å²) in [4.78, 5) is 23.6. The Hall–Kier alpha value is -4.26. The topological polar surface area (TPSA) is 125 Å². The molecule has 0 fully saturated rings. The number of anilines is 2. The molecule has 0 aromatic heterocycles. The number of benzene rings is 3. The Morgan fingerprint density at radius 1 is 0.943 bits per heavy atom. The number of rotatable bonds is 11. The van der Waals surface area contributed by atoms with E-state index in [-0.39, 0.29) is 12.2 Å². The van der Waals surface area contributed by atoms with Gasteiger partial charge in [-0.25, -0.2) is 9.59 Å². The van der Waals surface area contributed by atoms with Crippen molar-refractivity contribution in [2.24, 2.45) is 0 Å². The van der Waals surface area contributed by atoms with Crippen molar-refractivity contribution in [3.63, 3.8) is 0 Å². The lowest BCUT2D eigenvalue weighted by Crippen LogP contribution is -2.11. The third-order valence-corrected chi connectivity index (χ3v) is 5.41. The highest BCUT2D eigenvalue weighted by atomic mass is 16.5. The molecule has 0 amide bonds. The molecular weight excluding hydrogens is 444 g/mol. The van der Waals surface area contributed by atoms with Gasteiger partial charge in [0.05, 0.1) is 12.2 Å². The van der Waals surface area contributed by atoms with Crippen LogP contribution in [0.15, 0.2) is 66.7 Å². The lowest BCUT2D eigenvalue weighted by atomic mass is 10.0. The molecule has 0 bridgehead atoms. The van der Waals surface area contributed by atoms with Crippen molar-refractivity contribution in [1.82, 2.24) is 0 Å². The molecule has 7 nitrogen and oxygen atoms in total. The van der Waals surface area contributed by atoms with E-state index in [1.807, 2.05) is 24.3 Å². The maximum atomic E-state index is 12.1. The molecule has 0 spiro atoms. The van der Waals surface area contributed by atoms with Gasteiger partial charge in [-0.05, 0) is 72.0 Å². The van der Waals surface area contributed by atoms with E-state index in [1.54, 1.807) is 30.3 Å². The number of aromatic carboxylic acids is 1. The molecule has 35 heavy (non-hydrogen) atoms. The van der Waals surface area contributed by atoms with Crippen LogP contribution in [-0.4, -0.2) is 23.7 Å². The fourth-order valence-corrected chi connectivity index (χ4v) is 3.55. The Morgan fingerprint density at radius 3 is 2.29 bits per heavy atom. The molecule has 0 heterocycles. The van der Waals surface area contributed by atoms with Crippen LogP contribution in [0.4, 0.5) is 11.4 Å². The molecule has 0 unspecified atom stereocenters. The molecule has 0 saturated heterocycles. The zero-order valence-corrected chi connectivity index (χ0v) is 19.7. The fraction of sp³-hybridized carbons (Fsp3) is 0.214. The van der Waals surface area contributed by atoms with Gasteiger partial charge in [-0.1, -0.05) is 37.6 Å². The van der Waals surface area contributed by atoms with Crippen LogP contribution in [0.2, 0.25) is 0 Å². The maximum absolute atomic E-state index is 12.1. The molecule has 0 saturated carbocycles. The van der Waals surface area contributed by atoms with E-state index in [2.05, 4.69) is 6.92 Å². The molecular formula is C28H30N2O5. The lowest BCUT2D eigenvalue weighted by Gasteiger charge is -2.12. The van der Waals surface area contributed by atoms with E-state index in [0.29, 0.717) is 34.9 Å². The van der Waals surface area contributed by atoms with E-state index in [1.165, 1.54) is 23.8 Å². The number of unbranched alkanes of at least 4 members (excludes halogenated alkanes) is 1. The summed E-state index contributed by atoms with van der Waals surface area (Å²) in [7, 11) is 0. The van der Waals surface area contributed by atoms with Crippen LogP contribution in [0, 0.1) is 0 Å². The minimum absolute atomic E-state index is 0.0749. The van der Waals surface area contributed by atoms with Crippen LogP contribution < -0.4 is 20.9 Å². The standard InChI is InChI=1S/C28H30N2O5/c1-2-3-4-19-7-12-23(13-8-19)35-27(31)14-9-20-5-10-22(11-6-20)34-16-15-24-25(28(32)33)17-21(29)18-26(24)30/h5-14,17-18H,2-4,15-16,29-30H2,1H3,(H,32,33)/b14-9+. The van der Waals surface area contributed by atoms with Crippen molar-refractivity contribution in [3.8, 4) is 11.5 Å². The van der Waals surface area contributed by atoms with E-state index in [0.717, 1.165) is 24.8 Å². The van der Waals surface area contributed by atoms with Crippen LogP contribution in [-0.2, 0) is 17.6 Å². The SMILES string of the molecule is CCCCc1ccc(OC(=O)/C=C/c2ccc(OCCc3c(N)cc(N)cc3C(=O)O)cc2)cc1. The van der Waals surface area contributed by atoms with E-state index >= 15 is 0 Å². The predicted molar refractivity (Wildman–Crippen MR) is 138 cm³/mol. The number of hydrogen-bond donors (Lipinski definition) is 3. The van der Waals surface area contributed by atoms with Crippen molar-refractivity contribution in [2.75, 3.05) is 18.1 Å². The molecule has 0 atom stereocenters. The molecule has 0 radical (unpaired) electrons. The average Bonchev–Trinajstić information content (AvgIpc) is 2.84. The number of carbonyl (C=O) groups excluding carboxylic acids is 1. The second-order valence-corrected chi connectivity index (χ2v) is 8.11. The smallest absolute Gasteiger partial charge is 0.336 e. The predicted octanol–water partition coefficient (Wildman–Crippen LogP) is 5.13. The number of carboxylic acid groups (broad SMARTS) is 1. The molecule has 3 rings (SSSR count). The molecule has 0 aliphatic rings. The zero-order valence-electron chi connectivity index (χ0n) is 19.7. The first-order valence-corrected chi connectivity index (χ1v) is 11.5. The van der Waals surface area contributed by atoms with Gasteiger partial charge in [0.2, 0.25) is 0 Å². The van der Waals surface area contributed by atoms with Crippen molar-refractivity contribution < 1.29 is 24.2 Å². The monoisotopic (exact) mass is 474 g/mol. The Balaban J connectivity index is 1.50. The second kappa shape index (κ2) is 12.3. The van der Waals surface area contributed by atoms with Gasteiger partial charge in [0.1, 0.15) is 11.5 Å². The number of carboxylic acids is 1. The highest BCUT2D eigenvalue weighted by Gasteiger charge is 2.14. The molecule has 7 heteroatoms. The van der Waals surface area contributed by atoms with Gasteiger partial charge < -0.3 is 26.0 Å². The van der Waals surface area contributed by atoms with E-state index < -0.39 is 11.9 Å². The summed E-state index contributed by atoms with van der Waals surface area (Å²) in [5, 5.41) is 9.38. The van der Waals surface area contributed by atoms with Crippen LogP contribution in [0.3, 0.4) is 0 Å². The number of nitrogen functional groups attached to an aromatic ring is 2. The van der Waals surface area contributed by atoms with Crippen molar-refractivity contribution in [1.29, 1.82) is 0 Å². The minimum Gasteiger partial charge on any atom is -0.493 e.